The first-order chi connectivity index (χ1) is 6.26. The van der Waals surface area contributed by atoms with E-state index in [0.717, 1.165) is 0 Å². The number of nitriles is 2. The minimum atomic E-state index is -0.169. The van der Waals surface area contributed by atoms with Crippen LogP contribution in [0.2, 0.25) is 0 Å². The van der Waals surface area contributed by atoms with Crippen molar-refractivity contribution in [1.29, 1.82) is 10.5 Å². The van der Waals surface area contributed by atoms with E-state index in [4.69, 9.17) is 10.5 Å². The maximum Gasteiger partial charge on any atom is 0.225 e. The number of amides is 1. The second-order valence-electron chi connectivity index (χ2n) is 2.42. The molecule has 1 N–H and O–H groups in total. The van der Waals surface area contributed by atoms with Crippen LogP contribution in [0.5, 0.6) is 0 Å². The Bertz CT molecular complexity index is 222. The summed E-state index contributed by atoms with van der Waals surface area (Å²) in [4.78, 5) is 12.5. The number of carbonyl (C=O) groups is 1. The molecule has 0 atom stereocenters. The molecule has 0 unspecified atom stereocenters. The zero-order chi connectivity index (χ0) is 10.1. The third-order valence-electron chi connectivity index (χ3n) is 1.46. The van der Waals surface area contributed by atoms with Crippen molar-refractivity contribution in [3.8, 4) is 12.1 Å². The van der Waals surface area contributed by atoms with Crippen molar-refractivity contribution in [2.24, 2.45) is 0 Å². The van der Waals surface area contributed by atoms with E-state index >= 15 is 0 Å². The summed E-state index contributed by atoms with van der Waals surface area (Å²) in [6.45, 7) is 0.526. The number of carbonyl (C=O) groups excluding carboxylic acids is 1. The molecule has 0 heterocycles. The van der Waals surface area contributed by atoms with Gasteiger partial charge < -0.3 is 10.2 Å². The molecule has 1 amide bonds. The Morgan fingerprint density at radius 2 is 1.92 bits per heavy atom. The van der Waals surface area contributed by atoms with Crippen LogP contribution in [0.4, 0.5) is 0 Å². The number of hydrogen-bond acceptors (Lipinski definition) is 4. The molecule has 0 radical (unpaired) electrons. The van der Waals surface area contributed by atoms with Crippen LogP contribution < -0.4 is 5.32 Å². The SMILES string of the molecule is CNCCC(=O)N(CC#N)CC#N. The van der Waals surface area contributed by atoms with Gasteiger partial charge in [-0.1, -0.05) is 0 Å². The fourth-order valence-electron chi connectivity index (χ4n) is 0.793. The molecule has 0 aliphatic rings. The molecular formula is C8H12N4O. The summed E-state index contributed by atoms with van der Waals surface area (Å²) in [6.07, 6.45) is 0.319. The lowest BCUT2D eigenvalue weighted by Gasteiger charge is -2.15. The van der Waals surface area contributed by atoms with Crippen LogP contribution >= 0.6 is 0 Å². The highest BCUT2D eigenvalue weighted by Crippen LogP contribution is 1.92. The lowest BCUT2D eigenvalue weighted by molar-refractivity contribution is -0.129. The van der Waals surface area contributed by atoms with Gasteiger partial charge in [-0.3, -0.25) is 4.79 Å². The minimum Gasteiger partial charge on any atom is -0.319 e. The molecule has 13 heavy (non-hydrogen) atoms. The smallest absolute Gasteiger partial charge is 0.225 e. The lowest BCUT2D eigenvalue weighted by Crippen LogP contribution is -2.33. The molecule has 0 aromatic heterocycles. The largest absolute Gasteiger partial charge is 0.319 e. The van der Waals surface area contributed by atoms with Crippen LogP contribution in [0.25, 0.3) is 0 Å². The first kappa shape index (κ1) is 11.4. The van der Waals surface area contributed by atoms with E-state index in [1.165, 1.54) is 4.90 Å². The van der Waals surface area contributed by atoms with Crippen LogP contribution in [0.15, 0.2) is 0 Å². The van der Waals surface area contributed by atoms with Crippen molar-refractivity contribution in [3.05, 3.63) is 0 Å². The van der Waals surface area contributed by atoms with Gasteiger partial charge in [-0.15, -0.1) is 0 Å². The van der Waals surface area contributed by atoms with E-state index in [2.05, 4.69) is 5.32 Å². The average molecular weight is 180 g/mol. The van der Waals surface area contributed by atoms with Gasteiger partial charge in [-0.25, -0.2) is 0 Å². The van der Waals surface area contributed by atoms with E-state index in [1.807, 2.05) is 12.1 Å². The third-order valence-corrected chi connectivity index (χ3v) is 1.46. The Morgan fingerprint density at radius 3 is 2.31 bits per heavy atom. The first-order valence-electron chi connectivity index (χ1n) is 3.92. The molecule has 70 valence electrons. The van der Waals surface area contributed by atoms with Crippen molar-refractivity contribution in [2.75, 3.05) is 26.7 Å². The Labute approximate surface area is 77.6 Å². The Kier molecular flexibility index (Phi) is 6.21. The molecule has 0 fully saturated rings. The number of nitrogens with one attached hydrogen (secondary N) is 1. The molecular weight excluding hydrogens is 168 g/mol. The highest BCUT2D eigenvalue weighted by Gasteiger charge is 2.10. The Hall–Kier alpha value is -1.59. The molecule has 0 aliphatic heterocycles. The zero-order valence-corrected chi connectivity index (χ0v) is 7.58. The van der Waals surface area contributed by atoms with E-state index in [1.54, 1.807) is 7.05 Å². The van der Waals surface area contributed by atoms with E-state index in [9.17, 15) is 4.79 Å². The van der Waals surface area contributed by atoms with Crippen molar-refractivity contribution in [3.63, 3.8) is 0 Å². The quantitative estimate of drug-likeness (QED) is 0.577. The van der Waals surface area contributed by atoms with Crippen LogP contribution in [0, 0.1) is 22.7 Å². The predicted molar refractivity (Wildman–Crippen MR) is 46.3 cm³/mol. The van der Waals surface area contributed by atoms with E-state index < -0.39 is 0 Å². The fraction of sp³-hybridized carbons (Fsp3) is 0.625. The standard InChI is InChI=1S/C8H12N4O/c1-11-5-2-8(13)12(6-3-9)7-4-10/h11H,2,5-7H2,1H3. The fourth-order valence-corrected chi connectivity index (χ4v) is 0.793. The first-order valence-corrected chi connectivity index (χ1v) is 3.92. The second-order valence-corrected chi connectivity index (χ2v) is 2.42. The summed E-state index contributed by atoms with van der Waals surface area (Å²) < 4.78 is 0. The maximum atomic E-state index is 11.3. The van der Waals surface area contributed by atoms with Crippen molar-refractivity contribution < 1.29 is 4.79 Å². The van der Waals surface area contributed by atoms with Crippen molar-refractivity contribution in [2.45, 2.75) is 6.42 Å². The summed E-state index contributed by atoms with van der Waals surface area (Å²) in [5.74, 6) is -0.169. The summed E-state index contributed by atoms with van der Waals surface area (Å²) in [7, 11) is 1.74. The molecule has 5 heteroatoms. The van der Waals surface area contributed by atoms with Gasteiger partial charge in [0.05, 0.1) is 12.1 Å². The summed E-state index contributed by atoms with van der Waals surface area (Å²) in [5.41, 5.74) is 0. The average Bonchev–Trinajstić information content (AvgIpc) is 2.14. The van der Waals surface area contributed by atoms with Gasteiger partial charge in [0.15, 0.2) is 0 Å². The second kappa shape index (κ2) is 7.08. The van der Waals surface area contributed by atoms with Gasteiger partial charge >= 0.3 is 0 Å². The third kappa shape index (κ3) is 4.78. The van der Waals surface area contributed by atoms with Gasteiger partial charge in [-0.2, -0.15) is 10.5 Å². The molecule has 0 rings (SSSR count). The number of rotatable bonds is 5. The summed E-state index contributed by atoms with van der Waals surface area (Å²) in [5, 5.41) is 19.6. The summed E-state index contributed by atoms with van der Waals surface area (Å²) >= 11 is 0. The minimum absolute atomic E-state index is 0.0178. The van der Waals surface area contributed by atoms with Gasteiger partial charge in [0.1, 0.15) is 13.1 Å². The van der Waals surface area contributed by atoms with Gasteiger partial charge in [0.2, 0.25) is 5.91 Å². The molecule has 5 nitrogen and oxygen atoms in total. The molecule has 0 bridgehead atoms. The number of hydrogen-bond donors (Lipinski definition) is 1. The molecule has 0 saturated heterocycles. The van der Waals surface area contributed by atoms with Crippen LogP contribution in [0.1, 0.15) is 6.42 Å². The highest BCUT2D eigenvalue weighted by molar-refractivity contribution is 5.76. The molecule has 0 saturated carbocycles. The normalized spacial score (nSPS) is 8.54. The Balaban J connectivity index is 3.98. The Morgan fingerprint density at radius 1 is 1.38 bits per heavy atom. The van der Waals surface area contributed by atoms with Crippen LogP contribution in [-0.2, 0) is 4.79 Å². The van der Waals surface area contributed by atoms with Gasteiger partial charge in [0, 0.05) is 13.0 Å². The zero-order valence-electron chi connectivity index (χ0n) is 7.58. The van der Waals surface area contributed by atoms with E-state index in [-0.39, 0.29) is 19.0 Å². The van der Waals surface area contributed by atoms with Crippen molar-refractivity contribution in [1.82, 2.24) is 10.2 Å². The predicted octanol–water partition coefficient (Wildman–Crippen LogP) is -0.528. The number of nitrogens with zero attached hydrogens (tertiary/aromatic N) is 3. The molecule has 0 aliphatic carbocycles. The monoisotopic (exact) mass is 180 g/mol. The molecule has 0 spiro atoms. The van der Waals surface area contributed by atoms with Gasteiger partial charge in [0.25, 0.3) is 0 Å². The lowest BCUT2D eigenvalue weighted by atomic mass is 10.3. The maximum absolute atomic E-state index is 11.3. The van der Waals surface area contributed by atoms with Crippen LogP contribution in [-0.4, -0.2) is 37.5 Å². The topological polar surface area (TPSA) is 79.9 Å². The summed E-state index contributed by atoms with van der Waals surface area (Å²) in [6, 6.07) is 3.69. The van der Waals surface area contributed by atoms with Crippen LogP contribution in [0.3, 0.4) is 0 Å². The van der Waals surface area contributed by atoms with E-state index in [0.29, 0.717) is 13.0 Å². The highest BCUT2D eigenvalue weighted by atomic mass is 16.2. The molecule has 0 aromatic rings. The molecule has 0 aromatic carbocycles. The van der Waals surface area contributed by atoms with Crippen molar-refractivity contribution >= 4 is 5.91 Å². The van der Waals surface area contributed by atoms with Gasteiger partial charge in [-0.05, 0) is 7.05 Å².